The van der Waals surface area contributed by atoms with Gasteiger partial charge in [0.05, 0.1) is 40.1 Å². The molecule has 11 heteroatoms. The molecule has 0 spiro atoms. The molecule has 0 saturated carbocycles. The van der Waals surface area contributed by atoms with E-state index in [2.05, 4.69) is 36.7 Å². The summed E-state index contributed by atoms with van der Waals surface area (Å²) in [7, 11) is -1.74. The maximum absolute atomic E-state index is 13.5. The van der Waals surface area contributed by atoms with Crippen LogP contribution in [0.3, 0.4) is 0 Å². The summed E-state index contributed by atoms with van der Waals surface area (Å²) in [4.78, 5) is 13.9. The van der Waals surface area contributed by atoms with Gasteiger partial charge < -0.3 is 10.2 Å². The van der Waals surface area contributed by atoms with Gasteiger partial charge >= 0.3 is 0 Å². The van der Waals surface area contributed by atoms with Gasteiger partial charge in [-0.25, -0.2) is 29.3 Å². The summed E-state index contributed by atoms with van der Waals surface area (Å²) < 4.78 is 40.2. The normalized spacial score (nSPS) is 11.6. The molecule has 0 unspecified atom stereocenters. The Morgan fingerprint density at radius 1 is 1.26 bits per heavy atom. The zero-order valence-electron chi connectivity index (χ0n) is 19.6. The lowest BCUT2D eigenvalue weighted by Gasteiger charge is -2.29. The number of anilines is 3. The summed E-state index contributed by atoms with van der Waals surface area (Å²) in [5, 5.41) is 3.55. The van der Waals surface area contributed by atoms with Crippen molar-refractivity contribution in [2.24, 2.45) is 0 Å². The van der Waals surface area contributed by atoms with E-state index in [0.29, 0.717) is 41.1 Å². The number of hydrogen-bond donors (Lipinski definition) is 2. The minimum Gasteiger partial charge on any atom is -0.340 e. The molecule has 0 atom stereocenters. The van der Waals surface area contributed by atoms with Crippen LogP contribution in [0.4, 0.5) is 21.6 Å². The molecule has 35 heavy (non-hydrogen) atoms. The molecule has 0 aliphatic heterocycles. The molecular weight excluding hydrogens is 491 g/mol. The van der Waals surface area contributed by atoms with Gasteiger partial charge in [-0.05, 0) is 51.2 Å². The van der Waals surface area contributed by atoms with E-state index >= 15 is 0 Å². The molecule has 0 radical (unpaired) electrons. The van der Waals surface area contributed by atoms with Crippen molar-refractivity contribution in [1.29, 1.82) is 0 Å². The average Bonchev–Trinajstić information content (AvgIpc) is 2.78. The van der Waals surface area contributed by atoms with Gasteiger partial charge in [-0.1, -0.05) is 23.4 Å². The Labute approximate surface area is 209 Å². The minimum atomic E-state index is -3.61. The van der Waals surface area contributed by atoms with Crippen LogP contribution in [0.2, 0.25) is 5.02 Å². The van der Waals surface area contributed by atoms with Gasteiger partial charge in [0, 0.05) is 11.1 Å². The number of nitrogens with zero attached hydrogens (tertiary/aromatic N) is 4. The summed E-state index contributed by atoms with van der Waals surface area (Å²) in [5.41, 5.74) is 1.16. The first-order valence-electron chi connectivity index (χ1n) is 10.5. The molecule has 3 rings (SSSR count). The first kappa shape index (κ1) is 26.2. The fraction of sp³-hybridized carbons (Fsp3) is 0.292. The largest absolute Gasteiger partial charge is 0.340 e. The number of nitrogens with one attached hydrogen (secondary N) is 2. The molecule has 0 fully saturated rings. The molecule has 0 bridgehead atoms. The zero-order chi connectivity index (χ0) is 25.8. The molecule has 0 amide bonds. The number of hydrogen-bond acceptors (Lipinski definition) is 6. The van der Waals surface area contributed by atoms with Gasteiger partial charge in [0.1, 0.15) is 18.0 Å². The van der Waals surface area contributed by atoms with Gasteiger partial charge in [0.25, 0.3) is 0 Å². The molecular formula is C24H24ClFN6O2S. The fourth-order valence-corrected chi connectivity index (χ4v) is 3.85. The number of fused-ring (bicyclic) bond motifs is 1. The van der Waals surface area contributed by atoms with Crippen LogP contribution in [0.25, 0.3) is 15.7 Å². The molecule has 2 N–H and O–H groups in total. The lowest BCUT2D eigenvalue weighted by atomic mass is 10.0. The lowest BCUT2D eigenvalue weighted by Crippen LogP contribution is -2.41. The van der Waals surface area contributed by atoms with E-state index in [-0.39, 0.29) is 10.7 Å². The predicted octanol–water partition coefficient (Wildman–Crippen LogP) is 4.52. The van der Waals surface area contributed by atoms with E-state index in [0.717, 1.165) is 6.26 Å². The highest BCUT2D eigenvalue weighted by Crippen LogP contribution is 2.30. The number of benzene rings is 2. The second-order valence-corrected chi connectivity index (χ2v) is 10.5. The Hall–Kier alpha value is -3.44. The van der Waals surface area contributed by atoms with Crippen LogP contribution in [0.5, 0.6) is 0 Å². The smallest absolute Gasteiger partial charge is 0.229 e. The Morgan fingerprint density at radius 3 is 2.66 bits per heavy atom. The van der Waals surface area contributed by atoms with Crippen LogP contribution in [-0.2, 0) is 10.0 Å². The molecule has 182 valence electrons. The third kappa shape index (κ3) is 6.80. The minimum absolute atomic E-state index is 0.0469. The number of aromatic nitrogens is 2. The molecule has 2 aromatic carbocycles. The Balaban J connectivity index is 2.09. The standard InChI is InChI=1S/C24H24ClFN6O2S/c1-24(2,32(4)11-10-27-3)9-8-16-12-22-18(14-21(16)31-35(5,33)34)23(29-15-28-22)30-17-6-7-20(26)19(25)13-17/h6-7,12-15,31H,10-11H2,1-2,4-5H3,(H,28,29,30). The molecule has 1 heterocycles. The monoisotopic (exact) mass is 514 g/mol. The van der Waals surface area contributed by atoms with E-state index in [1.54, 1.807) is 12.1 Å². The first-order valence-corrected chi connectivity index (χ1v) is 12.7. The van der Waals surface area contributed by atoms with Gasteiger partial charge in [-0.15, -0.1) is 0 Å². The Morgan fingerprint density at radius 2 is 2.00 bits per heavy atom. The van der Waals surface area contributed by atoms with Gasteiger partial charge in [0.15, 0.2) is 0 Å². The third-order valence-electron chi connectivity index (χ3n) is 5.26. The predicted molar refractivity (Wildman–Crippen MR) is 138 cm³/mol. The van der Waals surface area contributed by atoms with Crippen molar-refractivity contribution >= 4 is 49.7 Å². The highest BCUT2D eigenvalue weighted by Gasteiger charge is 2.21. The number of rotatable bonds is 7. The quantitative estimate of drug-likeness (QED) is 0.356. The molecule has 0 saturated heterocycles. The van der Waals surface area contributed by atoms with E-state index in [1.165, 1.54) is 24.5 Å². The highest BCUT2D eigenvalue weighted by molar-refractivity contribution is 7.92. The fourth-order valence-electron chi connectivity index (χ4n) is 3.10. The first-order chi connectivity index (χ1) is 16.4. The van der Waals surface area contributed by atoms with Crippen molar-refractivity contribution in [2.45, 2.75) is 19.4 Å². The molecule has 0 aliphatic rings. The van der Waals surface area contributed by atoms with Gasteiger partial charge in [0.2, 0.25) is 16.6 Å². The SMILES string of the molecule is [C-]#[N+]CCN(C)C(C)(C)C#Cc1cc2ncnc(Nc3ccc(F)c(Cl)c3)c2cc1NS(C)(=O)=O. The van der Waals surface area contributed by atoms with Crippen LogP contribution >= 0.6 is 11.6 Å². The molecule has 1 aromatic heterocycles. The molecule has 3 aromatic rings. The van der Waals surface area contributed by atoms with E-state index in [9.17, 15) is 12.8 Å². The number of likely N-dealkylation sites (N-methyl/N-ethyl adjacent to an activating group) is 1. The lowest BCUT2D eigenvalue weighted by molar-refractivity contribution is 0.223. The summed E-state index contributed by atoms with van der Waals surface area (Å²) in [5.74, 6) is 6.08. The average molecular weight is 515 g/mol. The Bertz CT molecular complexity index is 1480. The van der Waals surface area contributed by atoms with Crippen LogP contribution in [-0.4, -0.2) is 55.2 Å². The molecule has 0 aliphatic carbocycles. The van der Waals surface area contributed by atoms with Gasteiger partial charge in [-0.3, -0.25) is 9.62 Å². The summed E-state index contributed by atoms with van der Waals surface area (Å²) in [6, 6.07) is 7.44. The zero-order valence-corrected chi connectivity index (χ0v) is 21.2. The van der Waals surface area contributed by atoms with E-state index in [4.69, 9.17) is 18.2 Å². The van der Waals surface area contributed by atoms with Crippen molar-refractivity contribution in [3.8, 4) is 11.8 Å². The molecule has 8 nitrogen and oxygen atoms in total. The topological polar surface area (TPSA) is 91.6 Å². The summed E-state index contributed by atoms with van der Waals surface area (Å²) in [6.45, 7) is 11.7. The maximum atomic E-state index is 13.5. The van der Waals surface area contributed by atoms with Crippen LogP contribution < -0.4 is 10.0 Å². The summed E-state index contributed by atoms with van der Waals surface area (Å²) >= 11 is 5.88. The third-order valence-corrected chi connectivity index (χ3v) is 6.14. The number of sulfonamides is 1. The van der Waals surface area contributed by atoms with Crippen molar-refractivity contribution in [3.63, 3.8) is 0 Å². The maximum Gasteiger partial charge on any atom is 0.229 e. The van der Waals surface area contributed by atoms with Crippen LogP contribution in [0.1, 0.15) is 19.4 Å². The van der Waals surface area contributed by atoms with Crippen molar-refractivity contribution in [3.05, 3.63) is 64.5 Å². The van der Waals surface area contributed by atoms with Gasteiger partial charge in [-0.2, -0.15) is 0 Å². The van der Waals surface area contributed by atoms with E-state index < -0.39 is 21.4 Å². The van der Waals surface area contributed by atoms with Crippen LogP contribution in [0, 0.1) is 24.2 Å². The number of halogens is 2. The summed E-state index contributed by atoms with van der Waals surface area (Å²) in [6.07, 6.45) is 2.41. The van der Waals surface area contributed by atoms with Crippen LogP contribution in [0.15, 0.2) is 36.7 Å². The second-order valence-electron chi connectivity index (χ2n) is 8.38. The highest BCUT2D eigenvalue weighted by atomic mass is 35.5. The van der Waals surface area contributed by atoms with Crippen molar-refractivity contribution < 1.29 is 12.8 Å². The van der Waals surface area contributed by atoms with Crippen molar-refractivity contribution in [2.75, 3.05) is 36.4 Å². The Kier molecular flexibility index (Phi) is 7.81. The van der Waals surface area contributed by atoms with Crippen molar-refractivity contribution in [1.82, 2.24) is 14.9 Å². The van der Waals surface area contributed by atoms with E-state index in [1.807, 2.05) is 25.8 Å². The second kappa shape index (κ2) is 10.4.